The lowest BCUT2D eigenvalue weighted by Gasteiger charge is -1.92. The molecule has 1 N–H and O–H groups in total. The summed E-state index contributed by atoms with van der Waals surface area (Å²) in [6.45, 7) is 31.4. The van der Waals surface area contributed by atoms with Crippen LogP contribution in [0.4, 0.5) is 0 Å². The molecule has 10 heterocycles. The van der Waals surface area contributed by atoms with Crippen LogP contribution < -0.4 is 4.73 Å². The van der Waals surface area contributed by atoms with E-state index >= 15 is 0 Å². The first kappa shape index (κ1) is 65.9. The zero-order valence-electron chi connectivity index (χ0n) is 47.8. The minimum atomic E-state index is 0.822. The minimum Gasteiger partial charge on any atom is -0.285 e. The molecule has 10 aromatic heterocycles. The molecule has 0 aliphatic carbocycles. The molecule has 402 valence electrons. The highest BCUT2D eigenvalue weighted by atomic mass is 16.5. The third kappa shape index (κ3) is 38.2. The van der Waals surface area contributed by atoms with Gasteiger partial charge in [0.2, 0.25) is 12.4 Å². The smallest absolute Gasteiger partial charge is 0.222 e. The first-order chi connectivity index (χ1) is 36.7. The molecule has 17 heteroatoms. The molecule has 0 aliphatic heterocycles. The van der Waals surface area contributed by atoms with Crippen molar-refractivity contribution in [1.82, 2.24) is 74.8 Å². The van der Waals surface area contributed by atoms with Crippen molar-refractivity contribution >= 4 is 0 Å². The van der Waals surface area contributed by atoms with Gasteiger partial charge in [-0.2, -0.15) is 0 Å². The maximum atomic E-state index is 8.67. The zero-order chi connectivity index (χ0) is 57.2. The van der Waals surface area contributed by atoms with Crippen LogP contribution in [0.25, 0.3) is 0 Å². The van der Waals surface area contributed by atoms with E-state index in [1.54, 1.807) is 68.2 Å². The molecule has 0 bridgehead atoms. The van der Waals surface area contributed by atoms with Gasteiger partial charge in [-0.05, 0) is 205 Å². The molecule has 0 atom stereocenters. The van der Waals surface area contributed by atoms with Gasteiger partial charge in [-0.15, -0.1) is 0 Å². The molecule has 0 fully saturated rings. The number of pyridine rings is 4. The van der Waals surface area contributed by atoms with E-state index in [2.05, 4.69) is 102 Å². The third-order valence-corrected chi connectivity index (χ3v) is 9.29. The SMILES string of the molecule is Cc1cc(C)ncn1.Cc1cc[n+](O)cc1.Cc1ccnc(C)c1.Cc1ccnc(C)n1.Cc1ccnc(C)n1.Cc1ccncc1.Cc1ccncc1C.Cc1ccncn1.Cc1cnc(C)nc1.Cc1ncccn1. The molecular formula is C60H77N16O+. The Kier molecular flexibility index (Phi) is 34.5. The number of aryl methyl sites for hydroxylation is 16. The Morgan fingerprint density at radius 1 is 0.299 bits per heavy atom. The average Bonchev–Trinajstić information content (AvgIpc) is 3.39. The number of aromatic nitrogens is 16. The Balaban J connectivity index is 0.000000428. The molecule has 77 heavy (non-hydrogen) atoms. The van der Waals surface area contributed by atoms with Crippen LogP contribution >= 0.6 is 0 Å². The van der Waals surface area contributed by atoms with Crippen molar-refractivity contribution in [2.75, 3.05) is 0 Å². The van der Waals surface area contributed by atoms with Crippen molar-refractivity contribution in [3.63, 3.8) is 0 Å². The molecule has 0 unspecified atom stereocenters. The molecular weight excluding hydrogens is 961 g/mol. The van der Waals surface area contributed by atoms with Gasteiger partial charge < -0.3 is 0 Å². The first-order valence-electron chi connectivity index (χ1n) is 24.5. The van der Waals surface area contributed by atoms with Gasteiger partial charge in [0.1, 0.15) is 36.0 Å². The highest BCUT2D eigenvalue weighted by molar-refractivity contribution is 5.19. The molecule has 0 saturated heterocycles. The molecule has 17 nitrogen and oxygen atoms in total. The summed E-state index contributed by atoms with van der Waals surface area (Å²) in [6.07, 6.45) is 27.7. The van der Waals surface area contributed by atoms with Crippen LogP contribution in [0, 0.1) is 111 Å². The van der Waals surface area contributed by atoms with Gasteiger partial charge in [0.25, 0.3) is 0 Å². The summed E-state index contributed by atoms with van der Waals surface area (Å²) in [5, 5.41) is 8.67. The van der Waals surface area contributed by atoms with E-state index in [4.69, 9.17) is 5.21 Å². The van der Waals surface area contributed by atoms with Gasteiger partial charge in [-0.25, -0.2) is 59.8 Å². The van der Waals surface area contributed by atoms with E-state index in [0.717, 1.165) is 73.3 Å². The summed E-state index contributed by atoms with van der Waals surface area (Å²) in [4.78, 5) is 58.9. The van der Waals surface area contributed by atoms with E-state index in [9.17, 15) is 0 Å². The molecule has 0 saturated carbocycles. The number of hydrogen-bond donors (Lipinski definition) is 1. The number of rotatable bonds is 0. The van der Waals surface area contributed by atoms with Crippen molar-refractivity contribution in [2.24, 2.45) is 0 Å². The molecule has 0 amide bonds. The molecule has 10 rings (SSSR count). The standard InChI is InChI=1S/2C7H9N.4C6H8N2.C6H8NO.C6H7N.2C5H6N2/c1-6-3-4-8-5-7(6)2;1-6-3-4-8-7(2)5-6;1-5-3-6(2)8-4-7-5;1-5-3-7-6(2)8-4-5;2*1-5-3-4-7-6(2)8-5;1-6-2-4-7(8)5-3-6;1-6-2-4-7-5-3-6;1-5-2-3-6-4-7-5;1-5-6-3-2-4-7-5/h2*3-5H,1-2H3;4*3-4H,1-2H3;2-5,8H,1H3;2-5H,1H3;2*2-4H,1H3/q;;;;;;+1;;;. The van der Waals surface area contributed by atoms with Crippen molar-refractivity contribution in [2.45, 2.75) is 111 Å². The van der Waals surface area contributed by atoms with Gasteiger partial charge in [0.05, 0.1) is 0 Å². The van der Waals surface area contributed by atoms with Crippen LogP contribution in [-0.2, 0) is 0 Å². The monoisotopic (exact) mass is 1040 g/mol. The van der Waals surface area contributed by atoms with Gasteiger partial charge in [0.15, 0.2) is 0 Å². The third-order valence-electron chi connectivity index (χ3n) is 9.29. The largest absolute Gasteiger partial charge is 0.285 e. The number of nitrogens with zero attached hydrogens (tertiary/aromatic N) is 16. The second-order valence-electron chi connectivity index (χ2n) is 17.0. The molecule has 0 aromatic carbocycles. The zero-order valence-corrected chi connectivity index (χ0v) is 47.8. The molecule has 0 aliphatic rings. The van der Waals surface area contributed by atoms with Crippen LogP contribution in [0.2, 0.25) is 0 Å². The van der Waals surface area contributed by atoms with E-state index in [1.165, 1.54) is 28.6 Å². The lowest BCUT2D eigenvalue weighted by Crippen LogP contribution is -2.27. The molecule has 10 aromatic rings. The maximum absolute atomic E-state index is 8.67. The van der Waals surface area contributed by atoms with Crippen LogP contribution in [0.1, 0.15) is 90.8 Å². The Morgan fingerprint density at radius 2 is 0.740 bits per heavy atom. The lowest BCUT2D eigenvalue weighted by atomic mass is 10.2. The fourth-order valence-corrected chi connectivity index (χ4v) is 5.07. The van der Waals surface area contributed by atoms with Gasteiger partial charge in [-0.1, -0.05) is 0 Å². The molecule has 0 radical (unpaired) electrons. The summed E-state index contributed by atoms with van der Waals surface area (Å²) < 4.78 is 1.02. The van der Waals surface area contributed by atoms with Crippen LogP contribution in [0.3, 0.4) is 0 Å². The fourth-order valence-electron chi connectivity index (χ4n) is 5.07. The van der Waals surface area contributed by atoms with Gasteiger partial charge >= 0.3 is 0 Å². The predicted octanol–water partition coefficient (Wildman–Crippen LogP) is 11.3. The summed E-state index contributed by atoms with van der Waals surface area (Å²) in [7, 11) is 0. The second-order valence-corrected chi connectivity index (χ2v) is 17.0. The van der Waals surface area contributed by atoms with Crippen molar-refractivity contribution in [1.29, 1.82) is 0 Å². The molecule has 0 spiro atoms. The predicted molar refractivity (Wildman–Crippen MR) is 305 cm³/mol. The highest BCUT2D eigenvalue weighted by Crippen LogP contribution is 2.00. The topological polar surface area (TPSA) is 217 Å². The fraction of sp³-hybridized carbons (Fsp3) is 0.267. The van der Waals surface area contributed by atoms with Crippen molar-refractivity contribution in [3.8, 4) is 0 Å². The van der Waals surface area contributed by atoms with Crippen LogP contribution in [-0.4, -0.2) is 80.0 Å². The number of hydrogen-bond acceptors (Lipinski definition) is 16. The Morgan fingerprint density at radius 3 is 1.04 bits per heavy atom. The average molecular weight is 1040 g/mol. The lowest BCUT2D eigenvalue weighted by molar-refractivity contribution is -0.904. The minimum absolute atomic E-state index is 0.822. The Labute approximate surface area is 456 Å². The van der Waals surface area contributed by atoms with Crippen LogP contribution in [0.15, 0.2) is 172 Å². The quantitative estimate of drug-likeness (QED) is 0.110. The van der Waals surface area contributed by atoms with Gasteiger partial charge in [0, 0.05) is 125 Å². The van der Waals surface area contributed by atoms with E-state index < -0.39 is 0 Å². The van der Waals surface area contributed by atoms with Crippen LogP contribution in [0.5, 0.6) is 0 Å². The first-order valence-corrected chi connectivity index (χ1v) is 24.5. The van der Waals surface area contributed by atoms with Crippen molar-refractivity contribution < 1.29 is 9.94 Å². The van der Waals surface area contributed by atoms with Crippen molar-refractivity contribution in [3.05, 3.63) is 263 Å². The Hall–Kier alpha value is -9.12. The van der Waals surface area contributed by atoms with E-state index in [0.29, 0.717) is 0 Å². The van der Waals surface area contributed by atoms with E-state index in [1.807, 2.05) is 182 Å². The highest BCUT2D eigenvalue weighted by Gasteiger charge is 1.90. The van der Waals surface area contributed by atoms with E-state index in [-0.39, 0.29) is 0 Å². The summed E-state index contributed by atoms with van der Waals surface area (Å²) in [6, 6.07) is 23.0. The summed E-state index contributed by atoms with van der Waals surface area (Å²) >= 11 is 0. The summed E-state index contributed by atoms with van der Waals surface area (Å²) in [5.41, 5.74) is 13.6. The second kappa shape index (κ2) is 40.3. The maximum Gasteiger partial charge on any atom is 0.222 e. The van der Waals surface area contributed by atoms with Gasteiger partial charge in [-0.3, -0.25) is 20.2 Å². The summed E-state index contributed by atoms with van der Waals surface area (Å²) in [5.74, 6) is 3.33. The normalized spacial score (nSPS) is 9.09. The Bertz CT molecular complexity index is 2600.